The van der Waals surface area contributed by atoms with E-state index in [1.807, 2.05) is 0 Å². The van der Waals surface area contributed by atoms with Crippen LogP contribution in [-0.2, 0) is 0 Å². The molecule has 0 aromatic heterocycles. The molecule has 0 aliphatic rings. The summed E-state index contributed by atoms with van der Waals surface area (Å²) in [6, 6.07) is 1.55. The monoisotopic (exact) mass is 166 g/mol. The Labute approximate surface area is 69.7 Å². The van der Waals surface area contributed by atoms with Gasteiger partial charge in [-0.25, -0.2) is 0 Å². The number of phenols is 2. The Balaban J connectivity index is 3.46. The van der Waals surface area contributed by atoms with Crippen LogP contribution in [0.4, 0.5) is 0 Å². The minimum Gasteiger partial charge on any atom is -0.509 e. The van der Waals surface area contributed by atoms with Gasteiger partial charge in [0, 0.05) is 5.30 Å². The van der Waals surface area contributed by atoms with Crippen LogP contribution in [0.15, 0.2) is 6.07 Å². The average molecular weight is 166 g/mol. The van der Waals surface area contributed by atoms with E-state index in [1.165, 1.54) is 0 Å². The van der Waals surface area contributed by atoms with E-state index in [9.17, 15) is 10.2 Å². The van der Waals surface area contributed by atoms with Gasteiger partial charge in [0.25, 0.3) is 0 Å². The van der Waals surface area contributed by atoms with Crippen LogP contribution in [0.1, 0.15) is 0 Å². The van der Waals surface area contributed by atoms with Crippen LogP contribution in [0, 0.1) is 0 Å². The summed E-state index contributed by atoms with van der Waals surface area (Å²) in [6.07, 6.45) is 0. The molecule has 0 bridgehead atoms. The molecule has 2 N–H and O–H groups in total. The summed E-state index contributed by atoms with van der Waals surface area (Å²) in [5.74, 6) is 0.468. The lowest BCUT2D eigenvalue weighted by Crippen LogP contribution is -2.25. The van der Waals surface area contributed by atoms with Crippen molar-refractivity contribution in [1.29, 1.82) is 0 Å². The van der Waals surface area contributed by atoms with Gasteiger partial charge in [0.05, 0.1) is 0 Å². The highest BCUT2D eigenvalue weighted by atomic mass is 31.0. The molecule has 1 unspecified atom stereocenters. The number of aromatic hydroxyl groups is 2. The van der Waals surface area contributed by atoms with E-state index in [2.05, 4.69) is 9.24 Å². The van der Waals surface area contributed by atoms with Crippen LogP contribution in [0.5, 0.6) is 11.5 Å². The van der Waals surface area contributed by atoms with Gasteiger partial charge in [-0.3, -0.25) is 0 Å². The zero-order valence-corrected chi connectivity index (χ0v) is 7.70. The smallest absolute Gasteiger partial charge is 0.145 e. The molecule has 56 valence electrons. The number of hydrogen-bond donors (Lipinski definition) is 2. The fourth-order valence-electron chi connectivity index (χ4n) is 0.910. The lowest BCUT2D eigenvalue weighted by atomic mass is 9.87. The van der Waals surface area contributed by atoms with Crippen molar-refractivity contribution in [3.63, 3.8) is 0 Å². The molecule has 1 rings (SSSR count). The minimum absolute atomic E-state index is 0.227. The molecule has 1 aromatic carbocycles. The molecule has 1 aromatic rings. The number of hydrogen-bond acceptors (Lipinski definition) is 2. The third-order valence-corrected chi connectivity index (χ3v) is 2.48. The lowest BCUT2D eigenvalue weighted by Gasteiger charge is -2.08. The van der Waals surface area contributed by atoms with Crippen molar-refractivity contribution in [3.05, 3.63) is 6.07 Å². The second-order valence-corrected chi connectivity index (χ2v) is 3.18. The first-order valence-corrected chi connectivity index (χ1v) is 3.89. The Bertz CT molecular complexity index is 275. The van der Waals surface area contributed by atoms with Crippen molar-refractivity contribution in [3.8, 4) is 11.5 Å². The van der Waals surface area contributed by atoms with Gasteiger partial charge in [-0.2, -0.15) is 0 Å². The topological polar surface area (TPSA) is 40.5 Å². The largest absolute Gasteiger partial charge is 0.509 e. The molecule has 2 nitrogen and oxygen atoms in total. The van der Waals surface area contributed by atoms with Gasteiger partial charge in [-0.1, -0.05) is 0 Å². The van der Waals surface area contributed by atoms with Crippen LogP contribution in [0.2, 0.25) is 0 Å². The first kappa shape index (κ1) is 8.48. The molecule has 0 heterocycles. The second kappa shape index (κ2) is 2.78. The van der Waals surface area contributed by atoms with Crippen molar-refractivity contribution in [1.82, 2.24) is 0 Å². The predicted molar refractivity (Wildman–Crippen MR) is 55.5 cm³/mol. The summed E-state index contributed by atoms with van der Waals surface area (Å²) in [5, 5.41) is 19.3. The summed E-state index contributed by atoms with van der Waals surface area (Å²) >= 11 is 0. The van der Waals surface area contributed by atoms with E-state index in [-0.39, 0.29) is 11.5 Å². The number of phenolic OH excluding ortho intramolecular Hbond substituents is 2. The molecule has 0 aliphatic heterocycles. The van der Waals surface area contributed by atoms with E-state index in [0.29, 0.717) is 16.2 Å². The van der Waals surface area contributed by atoms with Crippen molar-refractivity contribution in [2.24, 2.45) is 0 Å². The fraction of sp³-hybridized carbons (Fsp3) is 0. The van der Waals surface area contributed by atoms with Crippen LogP contribution in [0.3, 0.4) is 0 Å². The highest BCUT2D eigenvalue weighted by Gasteiger charge is 2.06. The summed E-state index contributed by atoms with van der Waals surface area (Å²) in [6.45, 7) is 0. The van der Waals surface area contributed by atoms with Crippen LogP contribution in [-0.4, -0.2) is 25.9 Å². The molecule has 0 aliphatic carbocycles. The first-order chi connectivity index (χ1) is 5.04. The number of benzene rings is 1. The first-order valence-electron chi connectivity index (χ1n) is 3.31. The van der Waals surface area contributed by atoms with Crippen molar-refractivity contribution < 1.29 is 10.2 Å². The Morgan fingerprint density at radius 1 is 1.27 bits per heavy atom. The maximum absolute atomic E-state index is 9.38. The molecular formula is C6H9B2O2P. The molecule has 0 fully saturated rings. The molecule has 1 atom stereocenters. The normalized spacial score (nSPS) is 9.91. The Kier molecular flexibility index (Phi) is 2.15. The molecule has 0 radical (unpaired) electrons. The Hall–Kier alpha value is -0.620. The van der Waals surface area contributed by atoms with Gasteiger partial charge in [0.2, 0.25) is 0 Å². The number of rotatable bonds is 0. The van der Waals surface area contributed by atoms with Crippen LogP contribution >= 0.6 is 9.24 Å². The van der Waals surface area contributed by atoms with E-state index < -0.39 is 0 Å². The SMILES string of the molecule is Bc1cc(O)c(B)c(P)c1O. The van der Waals surface area contributed by atoms with Crippen molar-refractivity contribution in [2.75, 3.05) is 0 Å². The molecule has 0 spiro atoms. The van der Waals surface area contributed by atoms with Gasteiger partial charge >= 0.3 is 0 Å². The average Bonchev–Trinajstić information content (AvgIpc) is 1.97. The fourth-order valence-corrected chi connectivity index (χ4v) is 1.29. The highest BCUT2D eigenvalue weighted by Crippen LogP contribution is 2.08. The van der Waals surface area contributed by atoms with Gasteiger partial charge in [0.1, 0.15) is 27.2 Å². The predicted octanol–water partition coefficient (Wildman–Crippen LogP) is -2.89. The van der Waals surface area contributed by atoms with Gasteiger partial charge in [-0.15, -0.1) is 9.24 Å². The molecule has 0 saturated heterocycles. The summed E-state index contributed by atoms with van der Waals surface area (Å²) in [5.41, 5.74) is 1.40. The van der Waals surface area contributed by atoms with Crippen molar-refractivity contribution >= 4 is 41.2 Å². The van der Waals surface area contributed by atoms with E-state index >= 15 is 0 Å². The maximum Gasteiger partial charge on any atom is 0.145 e. The quantitative estimate of drug-likeness (QED) is 0.246. The van der Waals surface area contributed by atoms with Gasteiger partial charge in [-0.05, 0) is 17.0 Å². The van der Waals surface area contributed by atoms with Gasteiger partial charge < -0.3 is 10.2 Å². The third kappa shape index (κ3) is 1.36. The lowest BCUT2D eigenvalue weighted by molar-refractivity contribution is 0.471. The summed E-state index contributed by atoms with van der Waals surface area (Å²) < 4.78 is 0. The zero-order valence-electron chi connectivity index (χ0n) is 6.55. The zero-order chi connectivity index (χ0) is 8.59. The Morgan fingerprint density at radius 3 is 2.36 bits per heavy atom. The molecule has 5 heteroatoms. The third-order valence-electron chi connectivity index (χ3n) is 1.77. The highest BCUT2D eigenvalue weighted by molar-refractivity contribution is 7.29. The van der Waals surface area contributed by atoms with E-state index in [0.717, 1.165) is 0 Å². The van der Waals surface area contributed by atoms with Crippen LogP contribution in [0.25, 0.3) is 0 Å². The van der Waals surface area contributed by atoms with Gasteiger partial charge in [0.15, 0.2) is 0 Å². The minimum atomic E-state index is 0.227. The van der Waals surface area contributed by atoms with Crippen molar-refractivity contribution in [2.45, 2.75) is 0 Å². The molecular weight excluding hydrogens is 157 g/mol. The molecule has 0 saturated carbocycles. The maximum atomic E-state index is 9.38. The van der Waals surface area contributed by atoms with Crippen LogP contribution < -0.4 is 16.2 Å². The Morgan fingerprint density at radius 2 is 1.82 bits per heavy atom. The second-order valence-electron chi connectivity index (χ2n) is 2.60. The molecule has 11 heavy (non-hydrogen) atoms. The standard InChI is InChI=1S/C6H9B2O2P/c7-2-1-3(9)4(8)6(11)5(2)10/h1,9-10H,7-8,11H2. The molecule has 0 amide bonds. The summed E-state index contributed by atoms with van der Waals surface area (Å²) in [4.78, 5) is 0. The summed E-state index contributed by atoms with van der Waals surface area (Å²) in [7, 11) is 5.92. The van der Waals surface area contributed by atoms with E-state index in [4.69, 9.17) is 0 Å². The van der Waals surface area contributed by atoms with E-state index in [1.54, 1.807) is 21.8 Å².